The fourth-order valence-corrected chi connectivity index (χ4v) is 3.91. The Labute approximate surface area is 166 Å². The largest absolute Gasteiger partial charge is 0.298 e. The highest BCUT2D eigenvalue weighted by Gasteiger charge is 2.07. The third-order valence-electron chi connectivity index (χ3n) is 3.88. The Balaban J connectivity index is 1.69. The zero-order valence-corrected chi connectivity index (χ0v) is 16.6. The van der Waals surface area contributed by atoms with Crippen LogP contribution in [0.15, 0.2) is 42.5 Å². The van der Waals surface area contributed by atoms with Crippen molar-refractivity contribution in [1.82, 2.24) is 4.98 Å². The van der Waals surface area contributed by atoms with Crippen LogP contribution in [0.3, 0.4) is 0 Å². The van der Waals surface area contributed by atoms with Crippen LogP contribution in [0.2, 0.25) is 10.0 Å². The number of anilines is 1. The summed E-state index contributed by atoms with van der Waals surface area (Å²) in [6, 6.07) is 11.4. The lowest BCUT2D eigenvalue weighted by Gasteiger charge is -1.99. The smallest absolute Gasteiger partial charge is 0.250 e. The molecule has 1 amide bonds. The van der Waals surface area contributed by atoms with Gasteiger partial charge in [-0.1, -0.05) is 60.0 Å². The van der Waals surface area contributed by atoms with Gasteiger partial charge < -0.3 is 0 Å². The van der Waals surface area contributed by atoms with Crippen LogP contribution in [-0.4, -0.2) is 10.9 Å². The molecule has 26 heavy (non-hydrogen) atoms. The topological polar surface area (TPSA) is 42.0 Å². The normalized spacial score (nSPS) is 11.3. The van der Waals surface area contributed by atoms with Gasteiger partial charge in [0, 0.05) is 16.1 Å². The number of rotatable bonds is 6. The van der Waals surface area contributed by atoms with Gasteiger partial charge in [-0.15, -0.1) is 0 Å². The van der Waals surface area contributed by atoms with Gasteiger partial charge in [-0.25, -0.2) is 4.98 Å². The number of benzene rings is 2. The molecule has 0 saturated carbocycles. The molecule has 0 spiro atoms. The molecule has 3 rings (SSSR count). The van der Waals surface area contributed by atoms with Crippen molar-refractivity contribution in [3.05, 3.63) is 63.6 Å². The molecule has 0 aliphatic rings. The van der Waals surface area contributed by atoms with E-state index < -0.39 is 0 Å². The van der Waals surface area contributed by atoms with Gasteiger partial charge in [-0.05, 0) is 54.3 Å². The maximum Gasteiger partial charge on any atom is 0.250 e. The molecule has 1 aromatic heterocycles. The molecule has 0 aliphatic heterocycles. The van der Waals surface area contributed by atoms with Crippen molar-refractivity contribution in [3.63, 3.8) is 0 Å². The maximum absolute atomic E-state index is 12.1. The van der Waals surface area contributed by atoms with Crippen LogP contribution in [0.25, 0.3) is 16.3 Å². The van der Waals surface area contributed by atoms with E-state index in [0.717, 1.165) is 22.2 Å². The summed E-state index contributed by atoms with van der Waals surface area (Å²) in [4.78, 5) is 16.6. The average Bonchev–Trinajstić information content (AvgIpc) is 3.00. The number of hydrogen-bond acceptors (Lipinski definition) is 3. The highest BCUT2D eigenvalue weighted by molar-refractivity contribution is 7.22. The number of nitrogens with zero attached hydrogens (tertiary/aromatic N) is 1. The molecule has 0 atom stereocenters. The summed E-state index contributed by atoms with van der Waals surface area (Å²) in [5.74, 6) is -0.249. The summed E-state index contributed by atoms with van der Waals surface area (Å²) < 4.78 is 1.08. The number of aromatic nitrogens is 1. The van der Waals surface area contributed by atoms with Crippen LogP contribution >= 0.6 is 34.5 Å². The van der Waals surface area contributed by atoms with Crippen molar-refractivity contribution in [1.29, 1.82) is 0 Å². The zero-order chi connectivity index (χ0) is 18.5. The molecule has 0 bridgehead atoms. The molecule has 0 fully saturated rings. The van der Waals surface area contributed by atoms with Crippen molar-refractivity contribution in [2.45, 2.75) is 26.2 Å². The minimum Gasteiger partial charge on any atom is -0.298 e. The van der Waals surface area contributed by atoms with Gasteiger partial charge in [0.25, 0.3) is 0 Å². The number of amides is 1. The van der Waals surface area contributed by atoms with E-state index in [2.05, 4.69) is 29.4 Å². The minimum absolute atomic E-state index is 0.249. The third-order valence-corrected chi connectivity index (χ3v) is 5.37. The van der Waals surface area contributed by atoms with Crippen molar-refractivity contribution < 1.29 is 4.79 Å². The lowest BCUT2D eigenvalue weighted by Crippen LogP contribution is -2.07. The zero-order valence-electron chi connectivity index (χ0n) is 14.3. The molecular formula is C20H18Cl2N2OS. The second-order valence-corrected chi connectivity index (χ2v) is 7.79. The van der Waals surface area contributed by atoms with Gasteiger partial charge in [0.1, 0.15) is 0 Å². The first-order chi connectivity index (χ1) is 12.5. The number of hydrogen-bond donors (Lipinski definition) is 1. The molecule has 2 aromatic carbocycles. The minimum atomic E-state index is -0.249. The number of unbranched alkanes of at least 4 members (excludes halogenated alkanes) is 1. The van der Waals surface area contributed by atoms with E-state index in [9.17, 15) is 4.79 Å². The Morgan fingerprint density at radius 1 is 1.23 bits per heavy atom. The van der Waals surface area contributed by atoms with Crippen LogP contribution in [0.1, 0.15) is 30.9 Å². The van der Waals surface area contributed by atoms with E-state index in [1.54, 1.807) is 24.3 Å². The van der Waals surface area contributed by atoms with Crippen LogP contribution in [0.5, 0.6) is 0 Å². The van der Waals surface area contributed by atoms with Gasteiger partial charge in [-0.3, -0.25) is 10.1 Å². The van der Waals surface area contributed by atoms with Crippen LogP contribution in [-0.2, 0) is 11.2 Å². The molecule has 1 heterocycles. The number of carbonyl (C=O) groups excluding carboxylic acids is 1. The second-order valence-electron chi connectivity index (χ2n) is 5.91. The molecule has 134 valence electrons. The standard InChI is InChI=1S/C20H18Cl2N2OS/c1-2-3-4-13-5-9-17-18(11-13)26-20(23-17)24-19(25)10-7-14-6-8-15(21)12-16(14)22/h5-12H,2-4H2,1H3,(H,23,24,25)/b10-7+. The first-order valence-corrected chi connectivity index (χ1v) is 9.96. The third kappa shape index (κ3) is 4.85. The Morgan fingerprint density at radius 3 is 2.85 bits per heavy atom. The van der Waals surface area contributed by atoms with Crippen molar-refractivity contribution in [3.8, 4) is 0 Å². The fourth-order valence-electron chi connectivity index (χ4n) is 2.51. The molecular weight excluding hydrogens is 387 g/mol. The van der Waals surface area contributed by atoms with E-state index in [0.29, 0.717) is 15.2 Å². The first-order valence-electron chi connectivity index (χ1n) is 8.38. The van der Waals surface area contributed by atoms with Gasteiger partial charge in [0.05, 0.1) is 10.2 Å². The van der Waals surface area contributed by atoms with E-state index >= 15 is 0 Å². The van der Waals surface area contributed by atoms with Gasteiger partial charge in [0.15, 0.2) is 5.13 Å². The Hall–Kier alpha value is -1.88. The second kappa shape index (κ2) is 8.67. The number of carbonyl (C=O) groups is 1. The van der Waals surface area contributed by atoms with E-state index in [1.807, 2.05) is 6.07 Å². The molecule has 0 aliphatic carbocycles. The molecule has 3 nitrogen and oxygen atoms in total. The highest BCUT2D eigenvalue weighted by Crippen LogP contribution is 2.27. The lowest BCUT2D eigenvalue weighted by molar-refractivity contribution is -0.111. The summed E-state index contributed by atoms with van der Waals surface area (Å²) in [5.41, 5.74) is 2.93. The summed E-state index contributed by atoms with van der Waals surface area (Å²) in [7, 11) is 0. The summed E-state index contributed by atoms with van der Waals surface area (Å²) in [6.07, 6.45) is 6.51. The molecule has 1 N–H and O–H groups in total. The predicted molar refractivity (Wildman–Crippen MR) is 112 cm³/mol. The van der Waals surface area contributed by atoms with Gasteiger partial charge in [-0.2, -0.15) is 0 Å². The Morgan fingerprint density at radius 2 is 2.08 bits per heavy atom. The lowest BCUT2D eigenvalue weighted by atomic mass is 10.1. The van der Waals surface area contributed by atoms with Crippen molar-refractivity contribution >= 4 is 61.9 Å². The van der Waals surface area contributed by atoms with Crippen molar-refractivity contribution in [2.24, 2.45) is 0 Å². The molecule has 3 aromatic rings. The van der Waals surface area contributed by atoms with Crippen LogP contribution < -0.4 is 5.32 Å². The Kier molecular flexibility index (Phi) is 6.30. The number of halogens is 2. The molecule has 0 unspecified atom stereocenters. The summed E-state index contributed by atoms with van der Waals surface area (Å²) in [6.45, 7) is 2.18. The number of fused-ring (bicyclic) bond motifs is 1. The molecule has 6 heteroatoms. The highest BCUT2D eigenvalue weighted by atomic mass is 35.5. The SMILES string of the molecule is CCCCc1ccc2nc(NC(=O)/C=C/c3ccc(Cl)cc3Cl)sc2c1. The van der Waals surface area contributed by atoms with E-state index in [4.69, 9.17) is 23.2 Å². The summed E-state index contributed by atoms with van der Waals surface area (Å²) in [5, 5.41) is 4.46. The van der Waals surface area contributed by atoms with Gasteiger partial charge >= 0.3 is 0 Å². The maximum atomic E-state index is 12.1. The first kappa shape index (κ1) is 18.9. The fraction of sp³-hybridized carbons (Fsp3) is 0.200. The average molecular weight is 405 g/mol. The predicted octanol–water partition coefficient (Wildman–Crippen LogP) is 6.60. The quantitative estimate of drug-likeness (QED) is 0.470. The Bertz CT molecular complexity index is 966. The summed E-state index contributed by atoms with van der Waals surface area (Å²) >= 11 is 13.4. The van der Waals surface area contributed by atoms with Crippen LogP contribution in [0.4, 0.5) is 5.13 Å². The number of thiazole rings is 1. The van der Waals surface area contributed by atoms with Crippen LogP contribution in [0, 0.1) is 0 Å². The monoisotopic (exact) mass is 404 g/mol. The molecule has 0 radical (unpaired) electrons. The number of aryl methyl sites for hydroxylation is 1. The van der Waals surface area contributed by atoms with Gasteiger partial charge in [0.2, 0.25) is 5.91 Å². The number of nitrogens with one attached hydrogen (secondary N) is 1. The van der Waals surface area contributed by atoms with Crippen molar-refractivity contribution in [2.75, 3.05) is 5.32 Å². The molecule has 0 saturated heterocycles. The van der Waals surface area contributed by atoms with E-state index in [1.165, 1.54) is 35.8 Å². The van der Waals surface area contributed by atoms with E-state index in [-0.39, 0.29) is 5.91 Å².